The van der Waals surface area contributed by atoms with Crippen LogP contribution in [0.1, 0.15) is 30.0 Å². The third kappa shape index (κ3) is 3.59. The molecule has 1 saturated carbocycles. The third-order valence-electron chi connectivity index (χ3n) is 4.57. The van der Waals surface area contributed by atoms with E-state index in [9.17, 15) is 9.90 Å². The molecular weight excluding hydrogens is 306 g/mol. The number of hydrogen-bond acceptors (Lipinski definition) is 4. The van der Waals surface area contributed by atoms with Crippen molar-refractivity contribution in [1.29, 1.82) is 0 Å². The van der Waals surface area contributed by atoms with Gasteiger partial charge < -0.3 is 15.2 Å². The summed E-state index contributed by atoms with van der Waals surface area (Å²) in [6, 6.07) is 7.40. The summed E-state index contributed by atoms with van der Waals surface area (Å²) in [5.74, 6) is 0.894. The van der Waals surface area contributed by atoms with Gasteiger partial charge in [0.1, 0.15) is 5.75 Å². The molecule has 6 heteroatoms. The zero-order valence-electron chi connectivity index (χ0n) is 14.0. The van der Waals surface area contributed by atoms with Crippen LogP contribution in [-0.4, -0.2) is 34.0 Å². The van der Waals surface area contributed by atoms with E-state index < -0.39 is 0 Å². The lowest BCUT2D eigenvalue weighted by molar-refractivity contribution is -0.122. The maximum Gasteiger partial charge on any atom is 0.225 e. The quantitative estimate of drug-likeness (QED) is 0.844. The van der Waals surface area contributed by atoms with Crippen molar-refractivity contribution in [1.82, 2.24) is 15.1 Å². The molecular formula is C18H23N3O3. The van der Waals surface area contributed by atoms with Crippen molar-refractivity contribution < 1.29 is 14.6 Å². The topological polar surface area (TPSA) is 76.4 Å². The second-order valence-corrected chi connectivity index (χ2v) is 6.37. The van der Waals surface area contributed by atoms with E-state index in [2.05, 4.69) is 10.4 Å². The molecule has 1 unspecified atom stereocenters. The molecule has 1 fully saturated rings. The Labute approximate surface area is 141 Å². The van der Waals surface area contributed by atoms with Crippen LogP contribution < -0.4 is 10.1 Å². The Hall–Kier alpha value is -2.34. The number of nitrogens with one attached hydrogen (secondary N) is 1. The number of carbonyl (C=O) groups excluding carboxylic acids is 1. The molecule has 1 atom stereocenters. The van der Waals surface area contributed by atoms with Crippen molar-refractivity contribution in [2.45, 2.75) is 31.4 Å². The van der Waals surface area contributed by atoms with Crippen LogP contribution in [0, 0.1) is 5.92 Å². The summed E-state index contributed by atoms with van der Waals surface area (Å²) in [5, 5.41) is 16.9. The van der Waals surface area contributed by atoms with Gasteiger partial charge in [0, 0.05) is 24.4 Å². The summed E-state index contributed by atoms with van der Waals surface area (Å²) in [4.78, 5) is 12.5. The maximum atomic E-state index is 12.5. The zero-order chi connectivity index (χ0) is 17.1. The molecule has 2 N–H and O–H groups in total. The van der Waals surface area contributed by atoms with Crippen molar-refractivity contribution in [3.63, 3.8) is 0 Å². The Balaban J connectivity index is 1.71. The maximum absolute atomic E-state index is 12.5. The van der Waals surface area contributed by atoms with Gasteiger partial charge in [-0.2, -0.15) is 5.10 Å². The van der Waals surface area contributed by atoms with Crippen LogP contribution in [0.25, 0.3) is 0 Å². The molecule has 1 aromatic heterocycles. The van der Waals surface area contributed by atoms with Gasteiger partial charge in [0.2, 0.25) is 5.91 Å². The van der Waals surface area contributed by atoms with E-state index in [1.54, 1.807) is 18.0 Å². The molecule has 0 spiro atoms. The first-order valence-electron chi connectivity index (χ1n) is 8.14. The highest BCUT2D eigenvalue weighted by atomic mass is 16.5. The van der Waals surface area contributed by atoms with Crippen LogP contribution in [0.5, 0.6) is 5.75 Å². The number of aromatic nitrogens is 2. The predicted molar refractivity (Wildman–Crippen MR) is 89.5 cm³/mol. The number of hydrogen-bond donors (Lipinski definition) is 2. The standard InChI is InChI=1S/C18H23N3O3/c1-21-11-14(10-19-21)18(13-7-15(22)8-13)20-17(23)9-12-5-3-4-6-16(12)24-2/h3-6,10-11,13,15,18,22H,7-9H2,1-2H3,(H,20,23). The number of carbonyl (C=O) groups is 1. The fourth-order valence-electron chi connectivity index (χ4n) is 3.22. The van der Waals surface area contributed by atoms with E-state index in [0.29, 0.717) is 18.6 Å². The Morgan fingerprint density at radius 2 is 2.21 bits per heavy atom. The van der Waals surface area contributed by atoms with Crippen molar-refractivity contribution in [3.8, 4) is 5.75 Å². The molecule has 1 heterocycles. The Kier molecular flexibility index (Phi) is 4.85. The summed E-state index contributed by atoms with van der Waals surface area (Å²) in [6.45, 7) is 0. The van der Waals surface area contributed by atoms with Gasteiger partial charge in [-0.15, -0.1) is 0 Å². The minimum absolute atomic E-state index is 0.0604. The number of aryl methyl sites for hydroxylation is 1. The predicted octanol–water partition coefficient (Wildman–Crippen LogP) is 1.60. The monoisotopic (exact) mass is 329 g/mol. The molecule has 0 bridgehead atoms. The molecule has 6 nitrogen and oxygen atoms in total. The molecule has 3 rings (SSSR count). The number of aliphatic hydroxyl groups is 1. The Bertz CT molecular complexity index is 707. The second kappa shape index (κ2) is 7.05. The van der Waals surface area contributed by atoms with Crippen molar-refractivity contribution in [3.05, 3.63) is 47.8 Å². The molecule has 0 saturated heterocycles. The molecule has 1 aliphatic rings. The van der Waals surface area contributed by atoms with Crippen LogP contribution in [0.4, 0.5) is 0 Å². The van der Waals surface area contributed by atoms with E-state index in [4.69, 9.17) is 4.74 Å². The van der Waals surface area contributed by atoms with Crippen molar-refractivity contribution in [2.75, 3.05) is 7.11 Å². The molecule has 1 aliphatic carbocycles. The van der Waals surface area contributed by atoms with Gasteiger partial charge in [-0.3, -0.25) is 9.48 Å². The molecule has 1 aromatic carbocycles. The third-order valence-corrected chi connectivity index (χ3v) is 4.57. The average molecular weight is 329 g/mol. The van der Waals surface area contributed by atoms with E-state index in [-0.39, 0.29) is 30.4 Å². The largest absolute Gasteiger partial charge is 0.496 e. The summed E-state index contributed by atoms with van der Waals surface area (Å²) in [5.41, 5.74) is 1.83. The highest BCUT2D eigenvalue weighted by Gasteiger charge is 2.36. The van der Waals surface area contributed by atoms with Gasteiger partial charge in [-0.25, -0.2) is 0 Å². The van der Waals surface area contributed by atoms with Crippen LogP contribution in [0.2, 0.25) is 0 Å². The molecule has 0 aliphatic heterocycles. The number of ether oxygens (including phenoxy) is 1. The lowest BCUT2D eigenvalue weighted by Crippen LogP contribution is -2.41. The fourth-order valence-corrected chi connectivity index (χ4v) is 3.22. The van der Waals surface area contributed by atoms with Crippen molar-refractivity contribution in [2.24, 2.45) is 13.0 Å². The summed E-state index contributed by atoms with van der Waals surface area (Å²) in [7, 11) is 3.46. The number of para-hydroxylation sites is 1. The highest BCUT2D eigenvalue weighted by Crippen LogP contribution is 2.38. The van der Waals surface area contributed by atoms with Crippen LogP contribution in [-0.2, 0) is 18.3 Å². The normalized spacial score (nSPS) is 21.0. The number of rotatable bonds is 6. The van der Waals surface area contributed by atoms with E-state index in [1.165, 1.54) is 0 Å². The smallest absolute Gasteiger partial charge is 0.225 e. The van der Waals surface area contributed by atoms with Gasteiger partial charge >= 0.3 is 0 Å². The number of methoxy groups -OCH3 is 1. The summed E-state index contributed by atoms with van der Waals surface area (Å²) >= 11 is 0. The zero-order valence-corrected chi connectivity index (χ0v) is 14.0. The second-order valence-electron chi connectivity index (χ2n) is 6.37. The Morgan fingerprint density at radius 1 is 1.46 bits per heavy atom. The molecule has 24 heavy (non-hydrogen) atoms. The first kappa shape index (κ1) is 16.5. The number of benzene rings is 1. The number of nitrogens with zero attached hydrogens (tertiary/aromatic N) is 2. The molecule has 128 valence electrons. The van der Waals surface area contributed by atoms with Crippen molar-refractivity contribution >= 4 is 5.91 Å². The van der Waals surface area contributed by atoms with Gasteiger partial charge in [0.25, 0.3) is 0 Å². The number of amides is 1. The summed E-state index contributed by atoms with van der Waals surface area (Å²) in [6.07, 6.45) is 5.09. The lowest BCUT2D eigenvalue weighted by atomic mass is 9.75. The minimum atomic E-state index is -0.264. The van der Waals surface area contributed by atoms with Gasteiger partial charge in [-0.05, 0) is 24.8 Å². The van der Waals surface area contributed by atoms with E-state index in [0.717, 1.165) is 11.1 Å². The molecule has 2 aromatic rings. The van der Waals surface area contributed by atoms with Gasteiger partial charge in [0.15, 0.2) is 0 Å². The molecule has 1 amide bonds. The first-order valence-corrected chi connectivity index (χ1v) is 8.14. The fraction of sp³-hybridized carbons (Fsp3) is 0.444. The number of aliphatic hydroxyl groups excluding tert-OH is 1. The summed E-state index contributed by atoms with van der Waals surface area (Å²) < 4.78 is 7.03. The average Bonchev–Trinajstić information content (AvgIpc) is 2.97. The first-order chi connectivity index (χ1) is 11.6. The van der Waals surface area contributed by atoms with Crippen LogP contribution in [0.3, 0.4) is 0 Å². The molecule has 0 radical (unpaired) electrons. The van der Waals surface area contributed by atoms with E-state index in [1.807, 2.05) is 37.5 Å². The van der Waals surface area contributed by atoms with Crippen LogP contribution in [0.15, 0.2) is 36.7 Å². The SMILES string of the molecule is COc1ccccc1CC(=O)NC(c1cnn(C)c1)C1CC(O)C1. The van der Waals surface area contributed by atoms with Crippen LogP contribution >= 0.6 is 0 Å². The minimum Gasteiger partial charge on any atom is -0.496 e. The Morgan fingerprint density at radius 3 is 2.83 bits per heavy atom. The highest BCUT2D eigenvalue weighted by molar-refractivity contribution is 5.79. The van der Waals surface area contributed by atoms with Gasteiger partial charge in [0.05, 0.1) is 31.9 Å². The lowest BCUT2D eigenvalue weighted by Gasteiger charge is -2.37. The van der Waals surface area contributed by atoms with Gasteiger partial charge in [-0.1, -0.05) is 18.2 Å². The van der Waals surface area contributed by atoms with E-state index >= 15 is 0 Å².